The molecule has 4 rings (SSSR count). The van der Waals surface area contributed by atoms with E-state index in [1.165, 1.54) is 48.1 Å². The summed E-state index contributed by atoms with van der Waals surface area (Å²) in [5.41, 5.74) is 6.35. The van der Waals surface area contributed by atoms with Crippen LogP contribution in [0.3, 0.4) is 0 Å². The summed E-state index contributed by atoms with van der Waals surface area (Å²) in [5.74, 6) is 0. The van der Waals surface area contributed by atoms with Crippen molar-refractivity contribution < 1.29 is 0 Å². The molecule has 2 heterocycles. The quantitative estimate of drug-likeness (QED) is 0.700. The first-order chi connectivity index (χ1) is 8.92. The third kappa shape index (κ3) is 1.89. The van der Waals surface area contributed by atoms with Crippen molar-refractivity contribution in [3.8, 4) is 0 Å². The van der Waals surface area contributed by atoms with Crippen molar-refractivity contribution in [2.45, 2.75) is 72.4 Å². The normalized spacial score (nSPS) is 33.8. The van der Waals surface area contributed by atoms with Crippen LogP contribution in [0, 0.1) is 26.2 Å². The molecule has 0 N–H and O–H groups in total. The Hall–Kier alpha value is -0.980. The van der Waals surface area contributed by atoms with E-state index < -0.39 is 0 Å². The molecule has 1 atom stereocenters. The monoisotopic (exact) mass is 257 g/mol. The second kappa shape index (κ2) is 4.26. The molecule has 1 nitrogen and oxygen atoms in total. The molecule has 1 heteroatoms. The van der Waals surface area contributed by atoms with Crippen LogP contribution < -0.4 is 4.90 Å². The van der Waals surface area contributed by atoms with E-state index in [1.807, 2.05) is 0 Å². The topological polar surface area (TPSA) is 3.24 Å². The summed E-state index contributed by atoms with van der Waals surface area (Å²) in [7, 11) is 0. The first kappa shape index (κ1) is 13.0. The predicted octanol–water partition coefficient (Wildman–Crippen LogP) is 4.77. The molecule has 2 saturated heterocycles. The number of fused-ring (bicyclic) bond motifs is 3. The molecule has 0 unspecified atom stereocenters. The minimum Gasteiger partial charge on any atom is -0.365 e. The SMILES string of the molecule is Cc1cc(C)c(C)c(N2C3CCC(C)(CC3)[C@@H]2C)c1. The van der Waals surface area contributed by atoms with E-state index in [1.54, 1.807) is 0 Å². The standard InChI is InChI=1S/C18H27N/c1-12-10-13(2)14(3)17(11-12)19-15(4)18(5)8-6-16(19)7-9-18/h10-11,15-16H,6-9H2,1-5H3/t15-,16?,18?/m0/s1. The molecule has 1 saturated carbocycles. The maximum absolute atomic E-state index is 2.75. The minimum absolute atomic E-state index is 0.527. The lowest BCUT2D eigenvalue weighted by Gasteiger charge is -2.58. The van der Waals surface area contributed by atoms with E-state index in [9.17, 15) is 0 Å². The summed E-state index contributed by atoms with van der Waals surface area (Å²) in [6.45, 7) is 11.7. The van der Waals surface area contributed by atoms with Gasteiger partial charge < -0.3 is 4.90 Å². The Morgan fingerprint density at radius 2 is 1.74 bits per heavy atom. The van der Waals surface area contributed by atoms with Crippen molar-refractivity contribution in [2.75, 3.05) is 4.90 Å². The number of hydrogen-bond donors (Lipinski definition) is 0. The van der Waals surface area contributed by atoms with Gasteiger partial charge in [-0.05, 0) is 81.5 Å². The van der Waals surface area contributed by atoms with E-state index in [0.29, 0.717) is 11.5 Å². The van der Waals surface area contributed by atoms with Gasteiger partial charge in [0, 0.05) is 17.8 Å². The smallest absolute Gasteiger partial charge is 0.0406 e. The maximum atomic E-state index is 2.75. The molecule has 0 spiro atoms. The highest BCUT2D eigenvalue weighted by Gasteiger charge is 2.47. The highest BCUT2D eigenvalue weighted by atomic mass is 15.2. The summed E-state index contributed by atoms with van der Waals surface area (Å²) < 4.78 is 0. The Morgan fingerprint density at radius 3 is 2.37 bits per heavy atom. The minimum atomic E-state index is 0.527. The maximum Gasteiger partial charge on any atom is 0.0406 e. The van der Waals surface area contributed by atoms with E-state index >= 15 is 0 Å². The number of aryl methyl sites for hydroxylation is 2. The van der Waals surface area contributed by atoms with Gasteiger partial charge in [-0.15, -0.1) is 0 Å². The summed E-state index contributed by atoms with van der Waals surface area (Å²) in [6, 6.07) is 6.17. The van der Waals surface area contributed by atoms with E-state index in [0.717, 1.165) is 6.04 Å². The van der Waals surface area contributed by atoms with Gasteiger partial charge in [0.05, 0.1) is 0 Å². The van der Waals surface area contributed by atoms with Gasteiger partial charge in [-0.1, -0.05) is 13.0 Å². The van der Waals surface area contributed by atoms with Crippen LogP contribution in [0.25, 0.3) is 0 Å². The number of benzene rings is 1. The molecule has 0 radical (unpaired) electrons. The van der Waals surface area contributed by atoms with Crippen LogP contribution in [-0.4, -0.2) is 12.1 Å². The first-order valence-corrected chi connectivity index (χ1v) is 7.78. The highest BCUT2D eigenvalue weighted by molar-refractivity contribution is 5.60. The molecule has 1 aromatic rings. The van der Waals surface area contributed by atoms with Gasteiger partial charge in [0.1, 0.15) is 0 Å². The lowest BCUT2D eigenvalue weighted by Crippen LogP contribution is -2.59. The number of hydrogen-bond acceptors (Lipinski definition) is 1. The number of rotatable bonds is 1. The van der Waals surface area contributed by atoms with Gasteiger partial charge in [0.2, 0.25) is 0 Å². The Labute approximate surface area is 118 Å². The van der Waals surface area contributed by atoms with Crippen molar-refractivity contribution in [3.05, 3.63) is 28.8 Å². The number of piperidine rings is 2. The lowest BCUT2D eigenvalue weighted by molar-refractivity contribution is 0.0966. The fourth-order valence-corrected chi connectivity index (χ4v) is 4.30. The Kier molecular flexibility index (Phi) is 2.92. The molecule has 19 heavy (non-hydrogen) atoms. The zero-order valence-corrected chi connectivity index (χ0v) is 13.1. The van der Waals surface area contributed by atoms with E-state index in [-0.39, 0.29) is 0 Å². The lowest BCUT2D eigenvalue weighted by atomic mass is 9.64. The fourth-order valence-electron chi connectivity index (χ4n) is 4.30. The van der Waals surface area contributed by atoms with Gasteiger partial charge in [-0.25, -0.2) is 0 Å². The second-order valence-electron chi connectivity index (χ2n) is 7.19. The van der Waals surface area contributed by atoms with Crippen molar-refractivity contribution in [2.24, 2.45) is 5.41 Å². The van der Waals surface area contributed by atoms with Crippen LogP contribution in [0.1, 0.15) is 56.2 Å². The van der Waals surface area contributed by atoms with Crippen LogP contribution in [0.4, 0.5) is 5.69 Å². The molecule has 2 aliphatic heterocycles. The molecule has 1 aromatic carbocycles. The average molecular weight is 257 g/mol. The van der Waals surface area contributed by atoms with E-state index in [4.69, 9.17) is 0 Å². The second-order valence-corrected chi connectivity index (χ2v) is 7.19. The van der Waals surface area contributed by atoms with Gasteiger partial charge in [0.25, 0.3) is 0 Å². The van der Waals surface area contributed by atoms with Crippen molar-refractivity contribution in [1.29, 1.82) is 0 Å². The fraction of sp³-hybridized carbons (Fsp3) is 0.667. The first-order valence-electron chi connectivity index (χ1n) is 7.78. The Morgan fingerprint density at radius 1 is 1.11 bits per heavy atom. The van der Waals surface area contributed by atoms with Gasteiger partial charge in [0.15, 0.2) is 0 Å². The van der Waals surface area contributed by atoms with Crippen LogP contribution >= 0.6 is 0 Å². The molecule has 1 aliphatic carbocycles. The molecule has 3 aliphatic rings. The number of nitrogens with zero attached hydrogens (tertiary/aromatic N) is 1. The summed E-state index contributed by atoms with van der Waals surface area (Å²) in [4.78, 5) is 2.75. The van der Waals surface area contributed by atoms with Crippen LogP contribution in [0.2, 0.25) is 0 Å². The zero-order chi connectivity index (χ0) is 13.8. The molecule has 0 aromatic heterocycles. The number of anilines is 1. The van der Waals surface area contributed by atoms with Crippen molar-refractivity contribution in [3.63, 3.8) is 0 Å². The Balaban J connectivity index is 2.07. The van der Waals surface area contributed by atoms with Crippen molar-refractivity contribution >= 4 is 5.69 Å². The molecule has 3 fully saturated rings. The largest absolute Gasteiger partial charge is 0.365 e. The van der Waals surface area contributed by atoms with E-state index in [2.05, 4.69) is 51.7 Å². The van der Waals surface area contributed by atoms with Gasteiger partial charge in [-0.3, -0.25) is 0 Å². The third-order valence-corrected chi connectivity index (χ3v) is 5.98. The van der Waals surface area contributed by atoms with Crippen LogP contribution in [0.15, 0.2) is 12.1 Å². The molecule has 104 valence electrons. The zero-order valence-electron chi connectivity index (χ0n) is 13.1. The summed E-state index contributed by atoms with van der Waals surface area (Å²) in [6.07, 6.45) is 5.60. The Bertz CT molecular complexity index is 495. The molecular formula is C18H27N. The predicted molar refractivity (Wildman–Crippen MR) is 83.0 cm³/mol. The summed E-state index contributed by atoms with van der Waals surface area (Å²) >= 11 is 0. The van der Waals surface area contributed by atoms with Crippen LogP contribution in [0.5, 0.6) is 0 Å². The third-order valence-electron chi connectivity index (χ3n) is 5.98. The molecule has 2 bridgehead atoms. The van der Waals surface area contributed by atoms with Crippen LogP contribution in [-0.2, 0) is 0 Å². The average Bonchev–Trinajstić information content (AvgIpc) is 2.36. The van der Waals surface area contributed by atoms with Gasteiger partial charge in [-0.2, -0.15) is 0 Å². The summed E-state index contributed by atoms with van der Waals surface area (Å²) in [5, 5.41) is 0. The van der Waals surface area contributed by atoms with Gasteiger partial charge >= 0.3 is 0 Å². The van der Waals surface area contributed by atoms with Crippen molar-refractivity contribution in [1.82, 2.24) is 0 Å². The molecular weight excluding hydrogens is 230 g/mol. The highest BCUT2D eigenvalue weighted by Crippen LogP contribution is 2.50. The molecule has 0 amide bonds.